The number of aromatic nitrogens is 3. The van der Waals surface area contributed by atoms with E-state index in [4.69, 9.17) is 11.6 Å². The molecule has 0 aliphatic rings. The first-order chi connectivity index (χ1) is 9.54. The molecule has 0 fully saturated rings. The standard InChI is InChI=1S/C14H18ClFN4/c1-10(2)6-17-7-14-18-9-20(19-14)8-11-3-4-12(15)5-13(11)16/h3-5,9-10,17H,6-8H2,1-2H3. The van der Waals surface area contributed by atoms with Gasteiger partial charge in [-0.25, -0.2) is 14.1 Å². The Morgan fingerprint density at radius 2 is 2.20 bits per heavy atom. The fraction of sp³-hybridized carbons (Fsp3) is 0.429. The zero-order valence-electron chi connectivity index (χ0n) is 11.6. The van der Waals surface area contributed by atoms with E-state index in [1.54, 1.807) is 23.1 Å². The monoisotopic (exact) mass is 296 g/mol. The minimum Gasteiger partial charge on any atom is -0.310 e. The van der Waals surface area contributed by atoms with Crippen molar-refractivity contribution in [1.29, 1.82) is 0 Å². The van der Waals surface area contributed by atoms with Crippen LogP contribution in [0.15, 0.2) is 24.5 Å². The maximum absolute atomic E-state index is 13.7. The topological polar surface area (TPSA) is 42.7 Å². The van der Waals surface area contributed by atoms with Gasteiger partial charge in [-0.15, -0.1) is 0 Å². The molecule has 0 amide bonds. The molecular weight excluding hydrogens is 279 g/mol. The van der Waals surface area contributed by atoms with Gasteiger partial charge in [0, 0.05) is 10.6 Å². The van der Waals surface area contributed by atoms with Gasteiger partial charge in [-0.3, -0.25) is 0 Å². The normalized spacial score (nSPS) is 11.2. The lowest BCUT2D eigenvalue weighted by Gasteiger charge is -2.05. The SMILES string of the molecule is CC(C)CNCc1ncn(Cc2ccc(Cl)cc2F)n1. The van der Waals surface area contributed by atoms with E-state index in [0.717, 1.165) is 6.54 Å². The Morgan fingerprint density at radius 3 is 2.90 bits per heavy atom. The van der Waals surface area contributed by atoms with Gasteiger partial charge >= 0.3 is 0 Å². The van der Waals surface area contributed by atoms with Gasteiger partial charge < -0.3 is 5.32 Å². The summed E-state index contributed by atoms with van der Waals surface area (Å²) in [6.45, 7) is 6.17. The molecule has 0 aliphatic carbocycles. The van der Waals surface area contributed by atoms with Gasteiger partial charge in [0.1, 0.15) is 12.1 Å². The lowest BCUT2D eigenvalue weighted by Crippen LogP contribution is -2.19. The Hall–Kier alpha value is -1.46. The van der Waals surface area contributed by atoms with Crippen LogP contribution in [0, 0.1) is 11.7 Å². The molecule has 1 heterocycles. The zero-order chi connectivity index (χ0) is 14.5. The Kier molecular flexibility index (Phi) is 5.09. The van der Waals surface area contributed by atoms with E-state index in [1.807, 2.05) is 0 Å². The molecule has 1 aromatic carbocycles. The maximum Gasteiger partial charge on any atom is 0.164 e. The predicted molar refractivity (Wildman–Crippen MR) is 77.1 cm³/mol. The number of benzene rings is 1. The van der Waals surface area contributed by atoms with Gasteiger partial charge in [-0.05, 0) is 24.6 Å². The molecule has 0 aliphatic heterocycles. The Labute approximate surface area is 123 Å². The Morgan fingerprint density at radius 1 is 1.40 bits per heavy atom. The first-order valence-electron chi connectivity index (χ1n) is 6.57. The number of rotatable bonds is 6. The van der Waals surface area contributed by atoms with E-state index < -0.39 is 0 Å². The van der Waals surface area contributed by atoms with Crippen LogP contribution in [0.3, 0.4) is 0 Å². The van der Waals surface area contributed by atoms with Crippen molar-refractivity contribution < 1.29 is 4.39 Å². The highest BCUT2D eigenvalue weighted by Crippen LogP contribution is 2.15. The molecule has 4 nitrogen and oxygen atoms in total. The third kappa shape index (κ3) is 4.28. The molecule has 0 bridgehead atoms. The molecule has 6 heteroatoms. The molecule has 1 aromatic heterocycles. The molecule has 0 unspecified atom stereocenters. The molecule has 0 saturated heterocycles. The average molecular weight is 297 g/mol. The Balaban J connectivity index is 1.95. The molecule has 20 heavy (non-hydrogen) atoms. The lowest BCUT2D eigenvalue weighted by atomic mass is 10.2. The van der Waals surface area contributed by atoms with Crippen molar-refractivity contribution in [2.45, 2.75) is 26.9 Å². The van der Waals surface area contributed by atoms with Crippen LogP contribution in [0.5, 0.6) is 0 Å². The lowest BCUT2D eigenvalue weighted by molar-refractivity contribution is 0.537. The second-order valence-electron chi connectivity index (χ2n) is 5.12. The molecule has 2 rings (SSSR count). The van der Waals surface area contributed by atoms with E-state index in [9.17, 15) is 4.39 Å². The van der Waals surface area contributed by atoms with Crippen LogP contribution in [0.1, 0.15) is 25.2 Å². The van der Waals surface area contributed by atoms with Crippen molar-refractivity contribution in [2.75, 3.05) is 6.54 Å². The summed E-state index contributed by atoms with van der Waals surface area (Å²) in [5.41, 5.74) is 0.543. The average Bonchev–Trinajstić information content (AvgIpc) is 2.80. The summed E-state index contributed by atoms with van der Waals surface area (Å²) in [4.78, 5) is 4.20. The van der Waals surface area contributed by atoms with Gasteiger partial charge in [-0.1, -0.05) is 31.5 Å². The molecular formula is C14H18ClFN4. The van der Waals surface area contributed by atoms with Crippen molar-refractivity contribution in [1.82, 2.24) is 20.1 Å². The number of nitrogens with one attached hydrogen (secondary N) is 1. The highest BCUT2D eigenvalue weighted by atomic mass is 35.5. The smallest absolute Gasteiger partial charge is 0.164 e. The van der Waals surface area contributed by atoms with E-state index in [2.05, 4.69) is 29.2 Å². The quantitative estimate of drug-likeness (QED) is 0.891. The van der Waals surface area contributed by atoms with Crippen molar-refractivity contribution in [3.05, 3.63) is 46.8 Å². The third-order valence-corrected chi connectivity index (χ3v) is 3.00. The molecule has 2 aromatic rings. The summed E-state index contributed by atoms with van der Waals surface area (Å²) in [5.74, 6) is 0.966. The van der Waals surface area contributed by atoms with Crippen LogP contribution >= 0.6 is 11.6 Å². The van der Waals surface area contributed by atoms with Gasteiger partial charge in [0.15, 0.2) is 5.82 Å². The van der Waals surface area contributed by atoms with Crippen LogP contribution in [-0.4, -0.2) is 21.3 Å². The van der Waals surface area contributed by atoms with E-state index in [0.29, 0.717) is 35.4 Å². The molecule has 0 radical (unpaired) electrons. The van der Waals surface area contributed by atoms with Gasteiger partial charge in [0.25, 0.3) is 0 Å². The summed E-state index contributed by atoms with van der Waals surface area (Å²) >= 11 is 5.72. The molecule has 0 spiro atoms. The largest absolute Gasteiger partial charge is 0.310 e. The van der Waals surface area contributed by atoms with Crippen LogP contribution in [0.2, 0.25) is 5.02 Å². The fourth-order valence-corrected chi connectivity index (χ4v) is 1.95. The highest BCUT2D eigenvalue weighted by molar-refractivity contribution is 6.30. The third-order valence-electron chi connectivity index (χ3n) is 2.77. The first-order valence-corrected chi connectivity index (χ1v) is 6.95. The molecule has 0 atom stereocenters. The van der Waals surface area contributed by atoms with Crippen LogP contribution in [0.25, 0.3) is 0 Å². The van der Waals surface area contributed by atoms with Crippen LogP contribution in [0.4, 0.5) is 4.39 Å². The number of nitrogens with zero attached hydrogens (tertiary/aromatic N) is 3. The first kappa shape index (κ1) is 14.9. The van der Waals surface area contributed by atoms with Crippen LogP contribution in [-0.2, 0) is 13.1 Å². The predicted octanol–water partition coefficient (Wildman–Crippen LogP) is 2.86. The molecule has 0 saturated carbocycles. The molecule has 108 valence electrons. The van der Waals surface area contributed by atoms with E-state index in [-0.39, 0.29) is 5.82 Å². The summed E-state index contributed by atoms with van der Waals surface area (Å²) in [6, 6.07) is 4.64. The second-order valence-corrected chi connectivity index (χ2v) is 5.56. The van der Waals surface area contributed by atoms with Gasteiger partial charge in [-0.2, -0.15) is 5.10 Å². The number of halogens is 2. The summed E-state index contributed by atoms with van der Waals surface area (Å²) in [7, 11) is 0. The summed E-state index contributed by atoms with van der Waals surface area (Å²) in [6.07, 6.45) is 1.61. The van der Waals surface area contributed by atoms with Crippen LogP contribution < -0.4 is 5.32 Å². The van der Waals surface area contributed by atoms with E-state index in [1.165, 1.54) is 6.07 Å². The summed E-state index contributed by atoms with van der Waals surface area (Å²) in [5, 5.41) is 7.97. The van der Waals surface area contributed by atoms with Crippen molar-refractivity contribution in [2.24, 2.45) is 5.92 Å². The van der Waals surface area contributed by atoms with Gasteiger partial charge in [0.05, 0.1) is 13.1 Å². The van der Waals surface area contributed by atoms with Crippen molar-refractivity contribution in [3.8, 4) is 0 Å². The number of hydrogen-bond acceptors (Lipinski definition) is 3. The van der Waals surface area contributed by atoms with Gasteiger partial charge in [0.2, 0.25) is 0 Å². The van der Waals surface area contributed by atoms with Crippen molar-refractivity contribution in [3.63, 3.8) is 0 Å². The minimum atomic E-state index is -0.326. The number of hydrogen-bond donors (Lipinski definition) is 1. The molecule has 1 N–H and O–H groups in total. The maximum atomic E-state index is 13.7. The zero-order valence-corrected chi connectivity index (χ0v) is 12.4. The van der Waals surface area contributed by atoms with Crippen molar-refractivity contribution >= 4 is 11.6 Å². The van der Waals surface area contributed by atoms with E-state index >= 15 is 0 Å². The second kappa shape index (κ2) is 6.81. The Bertz CT molecular complexity index is 568. The highest BCUT2D eigenvalue weighted by Gasteiger charge is 2.06. The minimum absolute atomic E-state index is 0.326. The summed E-state index contributed by atoms with van der Waals surface area (Å²) < 4.78 is 15.3. The fourth-order valence-electron chi connectivity index (χ4n) is 1.79.